The van der Waals surface area contributed by atoms with Crippen LogP contribution in [0.2, 0.25) is 0 Å². The number of carbonyl (C=O) groups excluding carboxylic acids is 1. The molecule has 1 N–H and O–H groups in total. The van der Waals surface area contributed by atoms with Crippen LogP contribution in [-0.4, -0.2) is 29.0 Å². The van der Waals surface area contributed by atoms with Crippen LogP contribution in [0.4, 0.5) is 5.82 Å². The number of aromatic nitrogens is 2. The van der Waals surface area contributed by atoms with Gasteiger partial charge in [0, 0.05) is 6.07 Å². The summed E-state index contributed by atoms with van der Waals surface area (Å²) in [5.74, 6) is 0.0788. The second-order valence-electron chi connectivity index (χ2n) is 1.95. The van der Waals surface area contributed by atoms with Gasteiger partial charge in [-0.1, -0.05) is 13.8 Å². The fraction of sp³-hybridized carbons (Fsp3) is 0.444. The molecule has 0 unspecified atom stereocenters. The number of ether oxygens (including phenoxy) is 1. The summed E-state index contributed by atoms with van der Waals surface area (Å²) in [6.07, 6.45) is 2.66. The molecule has 0 saturated carbocycles. The molecule has 1 rings (SSSR count). The van der Waals surface area contributed by atoms with Crippen molar-refractivity contribution in [2.24, 2.45) is 4.99 Å². The van der Waals surface area contributed by atoms with Gasteiger partial charge in [-0.15, -0.1) is 0 Å². The van der Waals surface area contributed by atoms with Crippen LogP contribution in [0.25, 0.3) is 0 Å². The maximum absolute atomic E-state index is 10.7. The molecule has 78 valence electrons. The maximum Gasteiger partial charge on any atom is 0.349 e. The van der Waals surface area contributed by atoms with Crippen LogP contribution < -0.4 is 0 Å². The molecular weight excluding hydrogens is 182 g/mol. The number of H-pyrrole nitrogens is 1. The summed E-state index contributed by atoms with van der Waals surface area (Å²) in [4.78, 5) is 14.5. The van der Waals surface area contributed by atoms with Crippen LogP contribution >= 0.6 is 0 Å². The Bertz CT molecular complexity index is 268. The predicted octanol–water partition coefficient (Wildman–Crippen LogP) is 1.70. The second kappa shape index (κ2) is 7.97. The molecule has 0 saturated heterocycles. The highest BCUT2D eigenvalue weighted by Gasteiger charge is 1.94. The van der Waals surface area contributed by atoms with Crippen molar-refractivity contribution in [2.45, 2.75) is 20.8 Å². The van der Waals surface area contributed by atoms with Crippen molar-refractivity contribution in [1.29, 1.82) is 0 Å². The third-order valence-corrected chi connectivity index (χ3v) is 1.08. The van der Waals surface area contributed by atoms with Gasteiger partial charge in [-0.25, -0.2) is 9.79 Å². The number of nitrogens with zero attached hydrogens (tertiary/aromatic N) is 2. The van der Waals surface area contributed by atoms with Gasteiger partial charge in [0.15, 0.2) is 0 Å². The van der Waals surface area contributed by atoms with Gasteiger partial charge >= 0.3 is 5.97 Å². The number of hydrogen-bond donors (Lipinski definition) is 1. The molecule has 1 aromatic heterocycles. The minimum atomic E-state index is -0.452. The van der Waals surface area contributed by atoms with Crippen molar-refractivity contribution < 1.29 is 9.53 Å². The van der Waals surface area contributed by atoms with Gasteiger partial charge in [0.05, 0.1) is 12.8 Å². The normalized spacial score (nSPS) is 9.36. The average molecular weight is 197 g/mol. The van der Waals surface area contributed by atoms with E-state index in [0.717, 1.165) is 6.21 Å². The zero-order chi connectivity index (χ0) is 10.8. The summed E-state index contributed by atoms with van der Waals surface area (Å²) >= 11 is 0. The Kier molecular flexibility index (Phi) is 7.03. The number of nitrogens with one attached hydrogen (secondary N) is 1. The Labute approximate surface area is 83.2 Å². The van der Waals surface area contributed by atoms with Crippen molar-refractivity contribution in [3.8, 4) is 0 Å². The SMILES string of the molecule is CC.CCOC(=O)/C=N/c1ccn[nH]1. The highest BCUT2D eigenvalue weighted by atomic mass is 16.5. The van der Waals surface area contributed by atoms with E-state index < -0.39 is 5.97 Å². The lowest BCUT2D eigenvalue weighted by atomic mass is 10.6. The minimum absolute atomic E-state index is 0.355. The lowest BCUT2D eigenvalue weighted by Crippen LogP contribution is -2.04. The van der Waals surface area contributed by atoms with E-state index in [4.69, 9.17) is 0 Å². The Hall–Kier alpha value is -1.65. The first-order chi connectivity index (χ1) is 6.83. The fourth-order valence-electron chi connectivity index (χ4n) is 0.622. The molecule has 0 aromatic carbocycles. The molecule has 0 aliphatic carbocycles. The van der Waals surface area contributed by atoms with Crippen LogP contribution in [0, 0.1) is 0 Å². The second-order valence-corrected chi connectivity index (χ2v) is 1.95. The highest BCUT2D eigenvalue weighted by molar-refractivity contribution is 6.23. The molecule has 0 aliphatic rings. The number of carbonyl (C=O) groups is 1. The lowest BCUT2D eigenvalue weighted by molar-refractivity contribution is -0.134. The minimum Gasteiger partial charge on any atom is -0.462 e. The van der Waals surface area contributed by atoms with E-state index in [1.54, 1.807) is 19.2 Å². The molecule has 14 heavy (non-hydrogen) atoms. The summed E-state index contributed by atoms with van der Waals surface area (Å²) in [7, 11) is 0. The molecule has 0 atom stereocenters. The number of rotatable bonds is 3. The summed E-state index contributed by atoms with van der Waals surface area (Å²) < 4.78 is 4.62. The molecule has 0 aliphatic heterocycles. The van der Waals surface area contributed by atoms with E-state index in [9.17, 15) is 4.79 Å². The van der Waals surface area contributed by atoms with Crippen LogP contribution in [0.3, 0.4) is 0 Å². The van der Waals surface area contributed by atoms with E-state index in [1.165, 1.54) is 0 Å². The van der Waals surface area contributed by atoms with Gasteiger partial charge in [-0.3, -0.25) is 5.10 Å². The molecule has 0 amide bonds. The summed E-state index contributed by atoms with van der Waals surface area (Å²) in [6, 6.07) is 1.65. The molecule has 5 heteroatoms. The first kappa shape index (κ1) is 12.3. The van der Waals surface area contributed by atoms with Gasteiger partial charge in [0.25, 0.3) is 0 Å². The van der Waals surface area contributed by atoms with E-state index in [2.05, 4.69) is 19.9 Å². The predicted molar refractivity (Wildman–Crippen MR) is 54.7 cm³/mol. The summed E-state index contributed by atoms with van der Waals surface area (Å²) in [5.41, 5.74) is 0. The van der Waals surface area contributed by atoms with E-state index in [0.29, 0.717) is 12.4 Å². The van der Waals surface area contributed by atoms with Gasteiger partial charge < -0.3 is 4.74 Å². The molecule has 1 heterocycles. The smallest absolute Gasteiger partial charge is 0.349 e. The monoisotopic (exact) mass is 197 g/mol. The van der Waals surface area contributed by atoms with Gasteiger partial charge in [0.1, 0.15) is 12.0 Å². The van der Waals surface area contributed by atoms with E-state index in [-0.39, 0.29) is 0 Å². The van der Waals surface area contributed by atoms with Crippen LogP contribution in [-0.2, 0) is 9.53 Å². The van der Waals surface area contributed by atoms with Crippen molar-refractivity contribution >= 4 is 18.0 Å². The first-order valence-corrected chi connectivity index (χ1v) is 4.53. The van der Waals surface area contributed by atoms with Crippen LogP contribution in [0.5, 0.6) is 0 Å². The van der Waals surface area contributed by atoms with Gasteiger partial charge in [-0.05, 0) is 6.92 Å². The van der Waals surface area contributed by atoms with Crippen LogP contribution in [0.15, 0.2) is 17.3 Å². The Morgan fingerprint density at radius 2 is 2.43 bits per heavy atom. The number of aliphatic imine (C=N–C) groups is 1. The molecule has 0 bridgehead atoms. The van der Waals surface area contributed by atoms with Crippen molar-refractivity contribution in [2.75, 3.05) is 6.61 Å². The molecule has 0 fully saturated rings. The standard InChI is InChI=1S/C7H9N3O2.C2H6/c1-2-12-7(11)5-8-6-3-4-9-10-6;1-2/h3-5H,2H2,1H3,(H,9,10);1-2H3/b8-5+;. The fourth-order valence-corrected chi connectivity index (χ4v) is 0.622. The zero-order valence-corrected chi connectivity index (χ0v) is 8.65. The number of esters is 1. The first-order valence-electron chi connectivity index (χ1n) is 4.53. The Morgan fingerprint density at radius 1 is 1.71 bits per heavy atom. The summed E-state index contributed by atoms with van der Waals surface area (Å²) in [5, 5.41) is 6.23. The lowest BCUT2D eigenvalue weighted by Gasteiger charge is -1.92. The molecule has 0 radical (unpaired) electrons. The van der Waals surface area contributed by atoms with Crippen molar-refractivity contribution in [3.05, 3.63) is 12.3 Å². The third kappa shape index (κ3) is 5.08. The number of hydrogen-bond acceptors (Lipinski definition) is 4. The Balaban J connectivity index is 0.000000791. The summed E-state index contributed by atoms with van der Waals surface area (Å²) in [6.45, 7) is 6.09. The van der Waals surface area contributed by atoms with Gasteiger partial charge in [0.2, 0.25) is 0 Å². The topological polar surface area (TPSA) is 67.3 Å². The van der Waals surface area contributed by atoms with Gasteiger partial charge in [-0.2, -0.15) is 5.10 Å². The van der Waals surface area contributed by atoms with Crippen LogP contribution in [0.1, 0.15) is 20.8 Å². The third-order valence-electron chi connectivity index (χ3n) is 1.08. The number of aromatic amines is 1. The van der Waals surface area contributed by atoms with E-state index >= 15 is 0 Å². The van der Waals surface area contributed by atoms with E-state index in [1.807, 2.05) is 13.8 Å². The quantitative estimate of drug-likeness (QED) is 0.592. The Morgan fingerprint density at radius 3 is 2.93 bits per heavy atom. The largest absolute Gasteiger partial charge is 0.462 e. The molecule has 0 spiro atoms. The molecule has 5 nitrogen and oxygen atoms in total. The molecule has 1 aromatic rings. The molecular formula is C9H15N3O2. The zero-order valence-electron chi connectivity index (χ0n) is 8.65. The average Bonchev–Trinajstić information content (AvgIpc) is 2.71. The van der Waals surface area contributed by atoms with Crippen molar-refractivity contribution in [3.63, 3.8) is 0 Å². The highest BCUT2D eigenvalue weighted by Crippen LogP contribution is 2.01. The maximum atomic E-state index is 10.7. The van der Waals surface area contributed by atoms with Crippen molar-refractivity contribution in [1.82, 2.24) is 10.2 Å².